The summed E-state index contributed by atoms with van der Waals surface area (Å²) >= 11 is 0. The summed E-state index contributed by atoms with van der Waals surface area (Å²) in [5.41, 5.74) is 1.17. The smallest absolute Gasteiger partial charge is 0.329 e. The van der Waals surface area contributed by atoms with Crippen LogP contribution < -0.4 is 20.4 Å². The highest BCUT2D eigenvalue weighted by molar-refractivity contribution is 6.05. The fraction of sp³-hybridized carbons (Fsp3) is 0.429. The third kappa shape index (κ3) is 3.56. The predicted octanol–water partition coefficient (Wildman–Crippen LogP) is 2.02. The van der Waals surface area contributed by atoms with Crippen molar-refractivity contribution in [1.82, 2.24) is 15.3 Å². The van der Waals surface area contributed by atoms with Crippen molar-refractivity contribution < 1.29 is 14.3 Å². The fourth-order valence-electron chi connectivity index (χ4n) is 4.31. The minimum absolute atomic E-state index is 0.0129. The lowest BCUT2D eigenvalue weighted by Gasteiger charge is -2.35. The summed E-state index contributed by atoms with van der Waals surface area (Å²) in [6, 6.07) is 8.68. The number of carbonyl (C=O) groups is 2. The van der Waals surface area contributed by atoms with Gasteiger partial charge in [0.25, 0.3) is 5.91 Å². The van der Waals surface area contributed by atoms with E-state index in [-0.39, 0.29) is 24.1 Å². The van der Waals surface area contributed by atoms with E-state index in [0.717, 1.165) is 44.6 Å². The summed E-state index contributed by atoms with van der Waals surface area (Å²) in [5, 5.41) is 5.75. The molecule has 1 unspecified atom stereocenters. The molecule has 0 spiro atoms. The molecule has 0 saturated carbocycles. The van der Waals surface area contributed by atoms with Gasteiger partial charge in [-0.2, -0.15) is 0 Å². The molecule has 0 aromatic carbocycles. The Balaban J connectivity index is 1.38. The second kappa shape index (κ2) is 7.91. The number of nitrogens with zero attached hydrogens (tertiary/aromatic N) is 4. The van der Waals surface area contributed by atoms with E-state index in [1.807, 2.05) is 12.1 Å². The van der Waals surface area contributed by atoms with Gasteiger partial charge in [0.15, 0.2) is 5.82 Å². The number of fused-ring (bicyclic) bond motifs is 4. The van der Waals surface area contributed by atoms with Crippen molar-refractivity contribution in [2.75, 3.05) is 41.4 Å². The van der Waals surface area contributed by atoms with Crippen molar-refractivity contribution in [2.45, 2.75) is 31.4 Å². The average Bonchev–Trinajstić information content (AvgIpc) is 3.43. The molecule has 2 N–H and O–H groups in total. The molecule has 2 atom stereocenters. The highest BCUT2D eigenvalue weighted by atomic mass is 16.5. The van der Waals surface area contributed by atoms with Gasteiger partial charge in [0.1, 0.15) is 11.5 Å². The Bertz CT molecular complexity index is 947. The summed E-state index contributed by atoms with van der Waals surface area (Å²) in [4.78, 5) is 38.4. The lowest BCUT2D eigenvalue weighted by atomic mass is 10.1. The molecule has 156 valence electrons. The molecule has 2 aromatic heterocycles. The van der Waals surface area contributed by atoms with Crippen LogP contribution in [0.3, 0.4) is 0 Å². The van der Waals surface area contributed by atoms with E-state index < -0.39 is 0 Å². The van der Waals surface area contributed by atoms with Gasteiger partial charge in [-0.1, -0.05) is 6.07 Å². The van der Waals surface area contributed by atoms with Crippen LogP contribution in [0.25, 0.3) is 0 Å². The van der Waals surface area contributed by atoms with Crippen LogP contribution in [-0.4, -0.2) is 60.3 Å². The monoisotopic (exact) mass is 408 g/mol. The topological polar surface area (TPSA) is 99.7 Å². The van der Waals surface area contributed by atoms with Crippen LogP contribution in [-0.2, 0) is 4.74 Å². The number of urea groups is 1. The number of nitrogens with one attached hydrogen (secondary N) is 2. The predicted molar refractivity (Wildman–Crippen MR) is 112 cm³/mol. The first kappa shape index (κ1) is 18.8. The molecule has 2 saturated heterocycles. The standard InChI is InChI=1S/C21H24N6O3/c28-20(23-12-15-4-3-11-30-15)16-6-7-17-19(24-16)27(14-8-10-26(17)13-14)21(29)25-18-5-1-2-9-22-18/h1-2,5-7,9,14-15H,3-4,8,10-13H2,(H,23,28)(H,22,25,29)/t14-,15?/m0/s1. The van der Waals surface area contributed by atoms with E-state index in [4.69, 9.17) is 4.74 Å². The van der Waals surface area contributed by atoms with Gasteiger partial charge in [0.05, 0.1) is 17.8 Å². The van der Waals surface area contributed by atoms with E-state index >= 15 is 0 Å². The van der Waals surface area contributed by atoms with Gasteiger partial charge in [0.2, 0.25) is 0 Å². The zero-order valence-corrected chi connectivity index (χ0v) is 16.6. The molecule has 2 aromatic rings. The molecule has 3 amide bonds. The largest absolute Gasteiger partial charge is 0.376 e. The number of pyridine rings is 2. The van der Waals surface area contributed by atoms with Crippen molar-refractivity contribution in [3.8, 4) is 0 Å². The van der Waals surface area contributed by atoms with E-state index in [0.29, 0.717) is 23.9 Å². The quantitative estimate of drug-likeness (QED) is 0.803. The minimum atomic E-state index is -0.286. The molecule has 2 bridgehead atoms. The number of ether oxygens (including phenoxy) is 1. The summed E-state index contributed by atoms with van der Waals surface area (Å²) in [7, 11) is 0. The Morgan fingerprint density at radius 2 is 2.13 bits per heavy atom. The Hall–Kier alpha value is -3.20. The van der Waals surface area contributed by atoms with Crippen LogP contribution in [0.15, 0.2) is 36.5 Å². The lowest BCUT2D eigenvalue weighted by Crippen LogP contribution is -2.48. The summed E-state index contributed by atoms with van der Waals surface area (Å²) < 4.78 is 5.56. The van der Waals surface area contributed by atoms with Crippen LogP contribution in [0, 0.1) is 0 Å². The van der Waals surface area contributed by atoms with Gasteiger partial charge in [-0.05, 0) is 43.5 Å². The van der Waals surface area contributed by atoms with Gasteiger partial charge in [-0.3, -0.25) is 15.0 Å². The minimum Gasteiger partial charge on any atom is -0.376 e. The zero-order valence-electron chi connectivity index (χ0n) is 16.6. The number of aromatic nitrogens is 2. The van der Waals surface area contributed by atoms with Gasteiger partial charge in [-0.15, -0.1) is 0 Å². The molecule has 3 aliphatic heterocycles. The zero-order chi connectivity index (χ0) is 20.5. The van der Waals surface area contributed by atoms with Gasteiger partial charge >= 0.3 is 6.03 Å². The van der Waals surface area contributed by atoms with Gasteiger partial charge < -0.3 is 15.0 Å². The first-order valence-corrected chi connectivity index (χ1v) is 10.4. The first-order chi connectivity index (χ1) is 14.7. The van der Waals surface area contributed by atoms with Crippen LogP contribution in [0.4, 0.5) is 22.1 Å². The van der Waals surface area contributed by atoms with E-state index in [2.05, 4.69) is 25.5 Å². The molecule has 9 heteroatoms. The molecule has 9 nitrogen and oxygen atoms in total. The number of hydrogen-bond acceptors (Lipinski definition) is 6. The molecular formula is C21H24N6O3. The van der Waals surface area contributed by atoms with Crippen molar-refractivity contribution in [3.05, 3.63) is 42.2 Å². The van der Waals surface area contributed by atoms with Crippen LogP contribution in [0.1, 0.15) is 29.8 Å². The van der Waals surface area contributed by atoms with E-state index in [1.54, 1.807) is 29.3 Å². The molecule has 0 aliphatic carbocycles. The molecular weight excluding hydrogens is 384 g/mol. The molecule has 30 heavy (non-hydrogen) atoms. The molecule has 2 fully saturated rings. The van der Waals surface area contributed by atoms with Gasteiger partial charge in [-0.25, -0.2) is 14.8 Å². The maximum atomic E-state index is 13.1. The Morgan fingerprint density at radius 3 is 2.93 bits per heavy atom. The van der Waals surface area contributed by atoms with Crippen LogP contribution in [0.2, 0.25) is 0 Å². The van der Waals surface area contributed by atoms with Crippen LogP contribution >= 0.6 is 0 Å². The van der Waals surface area contributed by atoms with Crippen molar-refractivity contribution in [3.63, 3.8) is 0 Å². The summed E-state index contributed by atoms with van der Waals surface area (Å²) in [5.74, 6) is 0.739. The Morgan fingerprint density at radius 1 is 1.20 bits per heavy atom. The van der Waals surface area contributed by atoms with Gasteiger partial charge in [0, 0.05) is 32.4 Å². The van der Waals surface area contributed by atoms with E-state index in [9.17, 15) is 9.59 Å². The maximum absolute atomic E-state index is 13.1. The maximum Gasteiger partial charge on any atom is 0.329 e. The second-order valence-corrected chi connectivity index (χ2v) is 7.79. The SMILES string of the molecule is O=C(NCC1CCCO1)c1ccc2c(n1)N(C(=O)Nc1ccccn1)[C@H]1CCN2C1. The fourth-order valence-corrected chi connectivity index (χ4v) is 4.31. The number of carbonyl (C=O) groups excluding carboxylic acids is 2. The van der Waals surface area contributed by atoms with Crippen LogP contribution in [0.5, 0.6) is 0 Å². The highest BCUT2D eigenvalue weighted by Crippen LogP contribution is 2.39. The second-order valence-electron chi connectivity index (χ2n) is 7.79. The third-order valence-electron chi connectivity index (χ3n) is 5.82. The van der Waals surface area contributed by atoms with Crippen molar-refractivity contribution >= 4 is 29.3 Å². The number of amides is 3. The molecule has 5 rings (SSSR count). The lowest BCUT2D eigenvalue weighted by molar-refractivity contribution is 0.0853. The number of rotatable bonds is 4. The average molecular weight is 408 g/mol. The normalized spacial score (nSPS) is 22.0. The summed E-state index contributed by atoms with van der Waals surface area (Å²) in [6.07, 6.45) is 4.53. The van der Waals surface area contributed by atoms with E-state index in [1.165, 1.54) is 0 Å². The highest BCUT2D eigenvalue weighted by Gasteiger charge is 2.40. The third-order valence-corrected chi connectivity index (χ3v) is 5.82. The first-order valence-electron chi connectivity index (χ1n) is 10.4. The number of anilines is 3. The molecule has 0 radical (unpaired) electrons. The Labute approximate surface area is 174 Å². The molecule has 3 aliphatic rings. The van der Waals surface area contributed by atoms with Crippen molar-refractivity contribution in [1.29, 1.82) is 0 Å². The van der Waals surface area contributed by atoms with Crippen molar-refractivity contribution in [2.24, 2.45) is 0 Å². The number of hydrogen-bond donors (Lipinski definition) is 2. The summed E-state index contributed by atoms with van der Waals surface area (Å²) in [6.45, 7) is 2.83. The Kier molecular flexibility index (Phi) is 4.96. The molecule has 5 heterocycles.